The van der Waals surface area contributed by atoms with E-state index in [0.29, 0.717) is 18.7 Å². The van der Waals surface area contributed by atoms with Crippen molar-refractivity contribution in [1.82, 2.24) is 10.2 Å². The molecule has 2 amide bonds. The molecule has 5 nitrogen and oxygen atoms in total. The van der Waals surface area contributed by atoms with Crippen molar-refractivity contribution in [1.29, 1.82) is 0 Å². The minimum absolute atomic E-state index is 0.000927. The Morgan fingerprint density at radius 2 is 1.91 bits per heavy atom. The summed E-state index contributed by atoms with van der Waals surface area (Å²) >= 11 is 1.38. The van der Waals surface area contributed by atoms with Crippen LogP contribution in [0.4, 0.5) is 0 Å². The third-order valence-corrected chi connectivity index (χ3v) is 4.59. The molecule has 3 N–H and O–H groups in total. The number of primary amides is 1. The molecular weight excluding hydrogens is 310 g/mol. The van der Waals surface area contributed by atoms with Gasteiger partial charge in [0.2, 0.25) is 11.8 Å². The number of nitrogens with two attached hydrogens (primary N) is 1. The SMILES string of the molecule is CCc1ccc(C(CNC(=O)CCSCC(N)=O)N(C)C)cc1. The van der Waals surface area contributed by atoms with E-state index in [9.17, 15) is 9.59 Å². The quantitative estimate of drug-likeness (QED) is 0.636. The van der Waals surface area contributed by atoms with Crippen molar-refractivity contribution >= 4 is 23.6 Å². The van der Waals surface area contributed by atoms with Crippen LogP contribution in [-0.2, 0) is 16.0 Å². The molecule has 0 aliphatic carbocycles. The van der Waals surface area contributed by atoms with Gasteiger partial charge in [0, 0.05) is 18.7 Å². The maximum atomic E-state index is 11.9. The number of nitrogens with one attached hydrogen (secondary N) is 1. The maximum absolute atomic E-state index is 11.9. The fourth-order valence-electron chi connectivity index (χ4n) is 2.21. The minimum atomic E-state index is -0.349. The Hall–Kier alpha value is -1.53. The van der Waals surface area contributed by atoms with E-state index in [1.165, 1.54) is 22.9 Å². The van der Waals surface area contributed by atoms with E-state index in [1.54, 1.807) is 0 Å². The molecular formula is C17H27N3O2S. The Balaban J connectivity index is 2.46. The molecule has 128 valence electrons. The fraction of sp³-hybridized carbons (Fsp3) is 0.529. The summed E-state index contributed by atoms with van der Waals surface area (Å²) in [4.78, 5) is 24.6. The molecule has 1 rings (SSSR count). The van der Waals surface area contributed by atoms with Crippen molar-refractivity contribution in [2.75, 3.05) is 32.1 Å². The topological polar surface area (TPSA) is 75.4 Å². The molecule has 23 heavy (non-hydrogen) atoms. The van der Waals surface area contributed by atoms with Crippen molar-refractivity contribution in [2.45, 2.75) is 25.8 Å². The van der Waals surface area contributed by atoms with Gasteiger partial charge < -0.3 is 16.0 Å². The van der Waals surface area contributed by atoms with Crippen molar-refractivity contribution in [3.63, 3.8) is 0 Å². The van der Waals surface area contributed by atoms with Gasteiger partial charge in [-0.05, 0) is 31.6 Å². The van der Waals surface area contributed by atoms with Gasteiger partial charge in [-0.15, -0.1) is 0 Å². The van der Waals surface area contributed by atoms with Crippen molar-refractivity contribution in [3.8, 4) is 0 Å². The molecule has 0 fully saturated rings. The monoisotopic (exact) mass is 337 g/mol. The van der Waals surface area contributed by atoms with Crippen LogP contribution < -0.4 is 11.1 Å². The zero-order valence-electron chi connectivity index (χ0n) is 14.2. The summed E-state index contributed by atoms with van der Waals surface area (Å²) in [6.07, 6.45) is 1.42. The Kier molecular flexibility index (Phi) is 8.73. The molecule has 0 spiro atoms. The van der Waals surface area contributed by atoms with Crippen LogP contribution in [0.15, 0.2) is 24.3 Å². The Labute approximate surface area is 143 Å². The number of carbonyl (C=O) groups excluding carboxylic acids is 2. The molecule has 0 saturated heterocycles. The predicted molar refractivity (Wildman–Crippen MR) is 96.4 cm³/mol. The summed E-state index contributed by atoms with van der Waals surface area (Å²) in [5.41, 5.74) is 7.56. The van der Waals surface area contributed by atoms with Gasteiger partial charge in [-0.3, -0.25) is 9.59 Å². The predicted octanol–water partition coefficient (Wildman–Crippen LogP) is 1.58. The molecule has 1 atom stereocenters. The number of hydrogen-bond donors (Lipinski definition) is 2. The lowest BCUT2D eigenvalue weighted by Crippen LogP contribution is -2.34. The first-order valence-electron chi connectivity index (χ1n) is 7.82. The lowest BCUT2D eigenvalue weighted by atomic mass is 10.0. The van der Waals surface area contributed by atoms with Gasteiger partial charge in [-0.1, -0.05) is 31.2 Å². The number of nitrogens with zero attached hydrogens (tertiary/aromatic N) is 1. The summed E-state index contributed by atoms with van der Waals surface area (Å²) in [6, 6.07) is 8.65. The van der Waals surface area contributed by atoms with E-state index in [0.717, 1.165) is 6.42 Å². The van der Waals surface area contributed by atoms with Crippen LogP contribution in [0.25, 0.3) is 0 Å². The molecule has 1 aromatic carbocycles. The Morgan fingerprint density at radius 1 is 1.26 bits per heavy atom. The molecule has 0 radical (unpaired) electrons. The van der Waals surface area contributed by atoms with Gasteiger partial charge in [0.1, 0.15) is 0 Å². The highest BCUT2D eigenvalue weighted by molar-refractivity contribution is 7.99. The molecule has 0 aromatic heterocycles. The van der Waals surface area contributed by atoms with Crippen molar-refractivity contribution in [3.05, 3.63) is 35.4 Å². The van der Waals surface area contributed by atoms with E-state index in [2.05, 4.69) is 41.4 Å². The maximum Gasteiger partial charge on any atom is 0.227 e. The average Bonchev–Trinajstić information content (AvgIpc) is 2.52. The third-order valence-electron chi connectivity index (χ3n) is 3.61. The van der Waals surface area contributed by atoms with Gasteiger partial charge in [0.25, 0.3) is 0 Å². The van der Waals surface area contributed by atoms with Crippen molar-refractivity contribution in [2.24, 2.45) is 5.73 Å². The van der Waals surface area contributed by atoms with E-state index < -0.39 is 0 Å². The van der Waals surface area contributed by atoms with Gasteiger partial charge in [-0.25, -0.2) is 0 Å². The van der Waals surface area contributed by atoms with Gasteiger partial charge in [0.15, 0.2) is 0 Å². The number of likely N-dealkylation sites (N-methyl/N-ethyl adjacent to an activating group) is 1. The molecule has 1 unspecified atom stereocenters. The summed E-state index contributed by atoms with van der Waals surface area (Å²) in [6.45, 7) is 2.70. The van der Waals surface area contributed by atoms with E-state index >= 15 is 0 Å². The second kappa shape index (κ2) is 10.3. The second-order valence-electron chi connectivity index (χ2n) is 5.65. The molecule has 0 aliphatic rings. The highest BCUT2D eigenvalue weighted by Gasteiger charge is 2.15. The normalized spacial score (nSPS) is 12.2. The van der Waals surface area contributed by atoms with Crippen LogP contribution in [0.1, 0.15) is 30.5 Å². The van der Waals surface area contributed by atoms with Crippen molar-refractivity contribution < 1.29 is 9.59 Å². The van der Waals surface area contributed by atoms with E-state index in [-0.39, 0.29) is 23.6 Å². The van der Waals surface area contributed by atoms with Crippen LogP contribution in [0, 0.1) is 0 Å². The first-order chi connectivity index (χ1) is 10.9. The van der Waals surface area contributed by atoms with Crippen LogP contribution in [0.5, 0.6) is 0 Å². The number of thioether (sulfide) groups is 1. The third kappa shape index (κ3) is 7.52. The number of benzene rings is 1. The average molecular weight is 337 g/mol. The first kappa shape index (κ1) is 19.5. The second-order valence-corrected chi connectivity index (χ2v) is 6.75. The number of amides is 2. The summed E-state index contributed by atoms with van der Waals surface area (Å²) in [5.74, 6) is 0.516. The minimum Gasteiger partial charge on any atom is -0.369 e. The van der Waals surface area contributed by atoms with Crippen LogP contribution >= 0.6 is 11.8 Å². The van der Waals surface area contributed by atoms with Gasteiger partial charge in [-0.2, -0.15) is 11.8 Å². The molecule has 6 heteroatoms. The Bertz CT molecular complexity index is 503. The summed E-state index contributed by atoms with van der Waals surface area (Å²) < 4.78 is 0. The van der Waals surface area contributed by atoms with E-state index in [1.807, 2.05) is 14.1 Å². The summed E-state index contributed by atoms with van der Waals surface area (Å²) in [7, 11) is 4.01. The lowest BCUT2D eigenvalue weighted by Gasteiger charge is -2.25. The number of aryl methyl sites for hydroxylation is 1. The standard InChI is InChI=1S/C17H27N3O2S/c1-4-13-5-7-14(8-6-13)15(20(2)3)11-19-17(22)9-10-23-12-16(18)21/h5-8,15H,4,9-12H2,1-3H3,(H2,18,21)(H,19,22). The first-order valence-corrected chi connectivity index (χ1v) is 8.97. The van der Waals surface area contributed by atoms with E-state index in [4.69, 9.17) is 5.73 Å². The highest BCUT2D eigenvalue weighted by atomic mass is 32.2. The summed E-state index contributed by atoms with van der Waals surface area (Å²) in [5, 5.41) is 2.97. The molecule has 0 saturated carbocycles. The Morgan fingerprint density at radius 3 is 2.43 bits per heavy atom. The van der Waals surface area contributed by atoms with Crippen LogP contribution in [0.3, 0.4) is 0 Å². The molecule has 0 aliphatic heterocycles. The molecule has 0 bridgehead atoms. The zero-order chi connectivity index (χ0) is 17.2. The number of carbonyl (C=O) groups is 2. The largest absolute Gasteiger partial charge is 0.369 e. The molecule has 0 heterocycles. The molecule has 1 aromatic rings. The number of hydrogen-bond acceptors (Lipinski definition) is 4. The highest BCUT2D eigenvalue weighted by Crippen LogP contribution is 2.18. The van der Waals surface area contributed by atoms with Crippen LogP contribution in [0.2, 0.25) is 0 Å². The fourth-order valence-corrected chi connectivity index (χ4v) is 2.89. The smallest absolute Gasteiger partial charge is 0.227 e. The van der Waals surface area contributed by atoms with Crippen LogP contribution in [-0.4, -0.2) is 48.9 Å². The lowest BCUT2D eigenvalue weighted by molar-refractivity contribution is -0.121. The number of rotatable bonds is 10. The van der Waals surface area contributed by atoms with Gasteiger partial charge in [0.05, 0.1) is 11.8 Å². The zero-order valence-corrected chi connectivity index (χ0v) is 15.0. The van der Waals surface area contributed by atoms with Gasteiger partial charge >= 0.3 is 0 Å².